The number of carbonyl (C=O) groups is 2. The Bertz CT molecular complexity index is 1350. The predicted molar refractivity (Wildman–Crippen MR) is 142 cm³/mol. The van der Waals surface area contributed by atoms with E-state index < -0.39 is 41.2 Å². The molecule has 1 aliphatic rings. The molecular weight excluding hydrogens is 569 g/mol. The molecule has 2 aromatic carbocycles. The van der Waals surface area contributed by atoms with Crippen LogP contribution in [0.5, 0.6) is 0 Å². The van der Waals surface area contributed by atoms with Crippen molar-refractivity contribution in [2.24, 2.45) is 0 Å². The molecule has 0 spiro atoms. The number of aromatic nitrogens is 2. The van der Waals surface area contributed by atoms with E-state index in [9.17, 15) is 36.1 Å². The number of alkyl halides is 5. The molecule has 0 bridgehead atoms. The van der Waals surface area contributed by atoms with E-state index in [1.54, 1.807) is 0 Å². The lowest BCUT2D eigenvalue weighted by atomic mass is 9.93. The Balaban J connectivity index is 1.50. The molecule has 0 radical (unpaired) electrons. The number of hydrogen-bond acceptors (Lipinski definition) is 6. The van der Waals surface area contributed by atoms with Crippen LogP contribution in [0.4, 0.5) is 33.6 Å². The summed E-state index contributed by atoms with van der Waals surface area (Å²) in [6, 6.07) is 8.99. The molecule has 2 atom stereocenters. The van der Waals surface area contributed by atoms with Gasteiger partial charge in [-0.2, -0.15) is 13.2 Å². The van der Waals surface area contributed by atoms with Crippen LogP contribution >= 0.6 is 0 Å². The molecule has 2 unspecified atom stereocenters. The van der Waals surface area contributed by atoms with E-state index in [0.717, 1.165) is 25.0 Å². The molecule has 3 aromatic rings. The Morgan fingerprint density at radius 2 is 1.80 bits per heavy atom. The molecule has 2 amide bonds. The van der Waals surface area contributed by atoms with E-state index in [-0.39, 0.29) is 41.9 Å². The molecule has 8 nitrogen and oxygen atoms in total. The van der Waals surface area contributed by atoms with Gasteiger partial charge in [0.05, 0.1) is 23.6 Å². The first kappa shape index (κ1) is 30.2. The van der Waals surface area contributed by atoms with E-state index in [0.29, 0.717) is 16.9 Å². The number of carbonyl (C=O) groups excluding carboxylic acids is 2. The van der Waals surface area contributed by atoms with E-state index >= 15 is 0 Å². The van der Waals surface area contributed by atoms with Gasteiger partial charge in [0.1, 0.15) is 12.2 Å². The molecular formula is C27H26F5N5O3S. The van der Waals surface area contributed by atoms with Crippen molar-refractivity contribution < 1.29 is 36.1 Å². The highest BCUT2D eigenvalue weighted by Gasteiger charge is 2.34. The SMILES string of the molecule is C[S+]([O-])c1ccc(C(C(=O)Nc2cnc(N(Cc3ccc(C(F)(F)F)cc3)C3CC3)nc2)C(F)F)c(CNC=O)c1. The molecule has 1 aromatic heterocycles. The largest absolute Gasteiger partial charge is 0.612 e. The van der Waals surface area contributed by atoms with Crippen molar-refractivity contribution in [3.05, 3.63) is 77.1 Å². The standard InChI is InChI=1S/C27H26F5N5O3S/c1-41(40)21-8-9-22(17(10-21)11-33-15-38)23(24(28)29)25(39)36-19-12-34-26(35-13-19)37(20-6-7-20)14-16-2-4-18(5-3-16)27(30,31)32/h2-5,8-10,12-13,15,20,23-24H,6-7,11,14H2,1H3,(H,33,38)(H,36,39). The van der Waals surface area contributed by atoms with Crippen molar-refractivity contribution in [2.45, 2.75) is 55.4 Å². The third kappa shape index (κ3) is 7.70. The van der Waals surface area contributed by atoms with Crippen molar-refractivity contribution in [3.63, 3.8) is 0 Å². The van der Waals surface area contributed by atoms with E-state index in [1.165, 1.54) is 49.0 Å². The fourth-order valence-electron chi connectivity index (χ4n) is 4.26. The van der Waals surface area contributed by atoms with Gasteiger partial charge in [0, 0.05) is 19.1 Å². The average molecular weight is 596 g/mol. The Morgan fingerprint density at radius 1 is 1.15 bits per heavy atom. The second-order valence-corrected chi connectivity index (χ2v) is 10.8. The zero-order valence-electron chi connectivity index (χ0n) is 21.7. The zero-order valence-corrected chi connectivity index (χ0v) is 22.5. The van der Waals surface area contributed by atoms with Crippen LogP contribution in [0.2, 0.25) is 0 Å². The number of hydrogen-bond donors (Lipinski definition) is 2. The van der Waals surface area contributed by atoms with Crippen LogP contribution in [0.1, 0.15) is 41.0 Å². The fraction of sp³-hybridized carbons (Fsp3) is 0.333. The Kier molecular flexibility index (Phi) is 9.43. The number of amides is 2. The van der Waals surface area contributed by atoms with Crippen molar-refractivity contribution >= 4 is 35.1 Å². The normalized spacial score (nSPS) is 14.8. The van der Waals surface area contributed by atoms with Gasteiger partial charge in [-0.05, 0) is 65.0 Å². The lowest BCUT2D eigenvalue weighted by Crippen LogP contribution is -2.29. The highest BCUT2D eigenvalue weighted by Crippen LogP contribution is 2.34. The number of rotatable bonds is 12. The number of benzene rings is 2. The van der Waals surface area contributed by atoms with Gasteiger partial charge in [0.25, 0.3) is 6.43 Å². The van der Waals surface area contributed by atoms with Crippen LogP contribution < -0.4 is 15.5 Å². The number of anilines is 2. The first-order valence-corrected chi connectivity index (χ1v) is 14.0. The summed E-state index contributed by atoms with van der Waals surface area (Å²) in [4.78, 5) is 34.5. The summed E-state index contributed by atoms with van der Waals surface area (Å²) in [5.41, 5.74) is 0.133. The molecule has 0 aliphatic heterocycles. The average Bonchev–Trinajstić information content (AvgIpc) is 3.76. The Labute approximate surface area is 235 Å². The lowest BCUT2D eigenvalue weighted by molar-refractivity contribution is -0.137. The number of nitrogens with one attached hydrogen (secondary N) is 2. The van der Waals surface area contributed by atoms with Crippen molar-refractivity contribution in [1.29, 1.82) is 0 Å². The van der Waals surface area contributed by atoms with Gasteiger partial charge in [0.2, 0.25) is 18.3 Å². The number of nitrogens with zero attached hydrogens (tertiary/aromatic N) is 3. The third-order valence-electron chi connectivity index (χ3n) is 6.48. The molecule has 218 valence electrons. The Morgan fingerprint density at radius 3 is 2.34 bits per heavy atom. The van der Waals surface area contributed by atoms with Crippen LogP contribution in [-0.2, 0) is 40.0 Å². The van der Waals surface area contributed by atoms with Crippen LogP contribution in [0, 0.1) is 0 Å². The lowest BCUT2D eigenvalue weighted by Gasteiger charge is -2.23. The number of halogens is 5. The van der Waals surface area contributed by atoms with E-state index in [2.05, 4.69) is 20.6 Å². The summed E-state index contributed by atoms with van der Waals surface area (Å²) in [5.74, 6) is -2.65. The maximum atomic E-state index is 14.2. The highest BCUT2D eigenvalue weighted by molar-refractivity contribution is 7.90. The minimum absolute atomic E-state index is 0.0324. The minimum atomic E-state index is -4.44. The summed E-state index contributed by atoms with van der Waals surface area (Å²) in [6.07, 6.45) is -1.49. The molecule has 1 saturated carbocycles. The summed E-state index contributed by atoms with van der Waals surface area (Å²) in [7, 11) is 0. The van der Waals surface area contributed by atoms with Gasteiger partial charge in [-0.15, -0.1) is 0 Å². The molecule has 14 heteroatoms. The van der Waals surface area contributed by atoms with Gasteiger partial charge >= 0.3 is 6.18 Å². The van der Waals surface area contributed by atoms with Gasteiger partial charge in [-0.3, -0.25) is 9.59 Å². The monoisotopic (exact) mass is 595 g/mol. The van der Waals surface area contributed by atoms with Gasteiger partial charge in [-0.25, -0.2) is 18.7 Å². The second kappa shape index (κ2) is 12.8. The highest BCUT2D eigenvalue weighted by atomic mass is 32.2. The molecule has 1 fully saturated rings. The Hall–Kier alpha value is -3.78. The molecule has 2 N–H and O–H groups in total. The van der Waals surface area contributed by atoms with Crippen LogP contribution in [-0.4, -0.2) is 45.6 Å². The summed E-state index contributed by atoms with van der Waals surface area (Å²) >= 11 is -1.41. The first-order valence-electron chi connectivity index (χ1n) is 12.4. The zero-order chi connectivity index (χ0) is 29.7. The second-order valence-electron chi connectivity index (χ2n) is 9.44. The quantitative estimate of drug-likeness (QED) is 0.180. The van der Waals surface area contributed by atoms with E-state index in [1.807, 2.05) is 4.90 Å². The first-order chi connectivity index (χ1) is 19.5. The summed E-state index contributed by atoms with van der Waals surface area (Å²) in [5, 5.41) is 4.78. The van der Waals surface area contributed by atoms with Crippen molar-refractivity contribution in [1.82, 2.24) is 15.3 Å². The van der Waals surface area contributed by atoms with Crippen LogP contribution in [0.15, 0.2) is 59.8 Å². The van der Waals surface area contributed by atoms with Crippen LogP contribution in [0.25, 0.3) is 0 Å². The predicted octanol–water partition coefficient (Wildman–Crippen LogP) is 4.64. The maximum Gasteiger partial charge on any atom is 0.416 e. The molecule has 1 heterocycles. The van der Waals surface area contributed by atoms with Gasteiger partial charge < -0.3 is 20.1 Å². The summed E-state index contributed by atoms with van der Waals surface area (Å²) in [6.45, 7) is 0.117. The smallest absolute Gasteiger partial charge is 0.416 e. The molecule has 0 saturated heterocycles. The van der Waals surface area contributed by atoms with Crippen molar-refractivity contribution in [3.8, 4) is 0 Å². The van der Waals surface area contributed by atoms with Gasteiger partial charge in [0.15, 0.2) is 4.90 Å². The molecule has 41 heavy (non-hydrogen) atoms. The maximum absolute atomic E-state index is 14.2. The fourth-order valence-corrected chi connectivity index (χ4v) is 4.83. The van der Waals surface area contributed by atoms with Crippen molar-refractivity contribution in [2.75, 3.05) is 16.5 Å². The topological polar surface area (TPSA) is 110 Å². The molecule has 1 aliphatic carbocycles. The molecule has 4 rings (SSSR count). The summed E-state index contributed by atoms with van der Waals surface area (Å²) < 4.78 is 78.8. The van der Waals surface area contributed by atoms with Gasteiger partial charge in [-0.1, -0.05) is 18.2 Å². The third-order valence-corrected chi connectivity index (χ3v) is 7.39. The van der Waals surface area contributed by atoms with E-state index in [4.69, 9.17) is 0 Å². The van der Waals surface area contributed by atoms with Crippen LogP contribution in [0.3, 0.4) is 0 Å². The minimum Gasteiger partial charge on any atom is -0.612 e.